The van der Waals surface area contributed by atoms with Gasteiger partial charge in [0.15, 0.2) is 5.96 Å². The van der Waals surface area contributed by atoms with Crippen LogP contribution in [0, 0.1) is 5.92 Å². The summed E-state index contributed by atoms with van der Waals surface area (Å²) in [4.78, 5) is 4.15. The summed E-state index contributed by atoms with van der Waals surface area (Å²) >= 11 is 0. The topological polar surface area (TPSA) is 82.6 Å². The van der Waals surface area contributed by atoms with Crippen LogP contribution in [0.4, 0.5) is 0 Å². The average molecular weight is 321 g/mol. The maximum atomic E-state index is 10.9. The van der Waals surface area contributed by atoms with Crippen LogP contribution in [0.25, 0.3) is 0 Å². The van der Waals surface area contributed by atoms with Crippen molar-refractivity contribution in [1.82, 2.24) is 15.4 Å². The fourth-order valence-electron chi connectivity index (χ4n) is 2.13. The molecular weight excluding hydrogens is 288 g/mol. The molecule has 0 aliphatic rings. The highest BCUT2D eigenvalue weighted by atomic mass is 32.2. The van der Waals surface area contributed by atoms with E-state index < -0.39 is 10.0 Å². The third-order valence-electron chi connectivity index (χ3n) is 3.23. The maximum absolute atomic E-state index is 10.9. The zero-order valence-electron chi connectivity index (χ0n) is 13.9. The van der Waals surface area contributed by atoms with E-state index in [1.165, 1.54) is 32.1 Å². The second-order valence-electron chi connectivity index (χ2n) is 5.34. The first-order chi connectivity index (χ1) is 9.92. The lowest BCUT2D eigenvalue weighted by atomic mass is 9.97. The molecule has 0 fully saturated rings. The summed E-state index contributed by atoms with van der Waals surface area (Å²) in [5.74, 6) is 1.39. The van der Waals surface area contributed by atoms with Crippen molar-refractivity contribution in [2.24, 2.45) is 10.9 Å². The Morgan fingerprint density at radius 3 is 2.33 bits per heavy atom. The largest absolute Gasteiger partial charge is 0.356 e. The SMILES string of the molecule is CCCCC(CCC)CNC(=NC)NCCNS(C)(=O)=O. The molecule has 0 aliphatic heterocycles. The molecule has 0 aromatic carbocycles. The van der Waals surface area contributed by atoms with Gasteiger partial charge >= 0.3 is 0 Å². The quantitative estimate of drug-likeness (QED) is 0.304. The normalized spacial score (nSPS) is 14.0. The molecule has 0 saturated carbocycles. The van der Waals surface area contributed by atoms with Crippen LogP contribution in [0.1, 0.15) is 46.0 Å². The summed E-state index contributed by atoms with van der Waals surface area (Å²) in [6.07, 6.45) is 7.30. The number of nitrogens with one attached hydrogen (secondary N) is 3. The van der Waals surface area contributed by atoms with E-state index in [0.29, 0.717) is 19.0 Å². The van der Waals surface area contributed by atoms with Crippen molar-refractivity contribution in [3.05, 3.63) is 0 Å². The smallest absolute Gasteiger partial charge is 0.208 e. The van der Waals surface area contributed by atoms with Crippen LogP contribution in [-0.2, 0) is 10.0 Å². The molecule has 0 bridgehead atoms. The van der Waals surface area contributed by atoms with Crippen molar-refractivity contribution in [3.63, 3.8) is 0 Å². The molecule has 0 aromatic heterocycles. The van der Waals surface area contributed by atoms with Gasteiger partial charge in [0.25, 0.3) is 0 Å². The Kier molecular flexibility index (Phi) is 11.3. The van der Waals surface area contributed by atoms with Gasteiger partial charge < -0.3 is 10.6 Å². The van der Waals surface area contributed by atoms with Crippen LogP contribution < -0.4 is 15.4 Å². The molecule has 3 N–H and O–H groups in total. The first kappa shape index (κ1) is 20.2. The number of unbranched alkanes of at least 4 members (excludes halogenated alkanes) is 1. The highest BCUT2D eigenvalue weighted by Crippen LogP contribution is 2.13. The Labute approximate surface area is 130 Å². The number of rotatable bonds is 11. The van der Waals surface area contributed by atoms with Gasteiger partial charge in [0, 0.05) is 26.7 Å². The Hall–Kier alpha value is -0.820. The van der Waals surface area contributed by atoms with E-state index in [0.717, 1.165) is 18.8 Å². The van der Waals surface area contributed by atoms with E-state index >= 15 is 0 Å². The van der Waals surface area contributed by atoms with E-state index in [1.54, 1.807) is 7.05 Å². The number of hydrogen-bond donors (Lipinski definition) is 3. The summed E-state index contributed by atoms with van der Waals surface area (Å²) < 4.78 is 24.3. The van der Waals surface area contributed by atoms with E-state index in [9.17, 15) is 8.42 Å². The Morgan fingerprint density at radius 1 is 1.10 bits per heavy atom. The Bertz CT molecular complexity index is 382. The monoisotopic (exact) mass is 320 g/mol. The minimum absolute atomic E-state index is 0.355. The lowest BCUT2D eigenvalue weighted by molar-refractivity contribution is 0.423. The van der Waals surface area contributed by atoms with Crippen molar-refractivity contribution < 1.29 is 8.42 Å². The summed E-state index contributed by atoms with van der Waals surface area (Å²) in [5, 5.41) is 6.43. The van der Waals surface area contributed by atoms with Crippen LogP contribution >= 0.6 is 0 Å². The van der Waals surface area contributed by atoms with Crippen LogP contribution in [0.5, 0.6) is 0 Å². The van der Waals surface area contributed by atoms with Crippen LogP contribution in [0.15, 0.2) is 4.99 Å². The predicted octanol–water partition coefficient (Wildman–Crippen LogP) is 1.31. The van der Waals surface area contributed by atoms with Gasteiger partial charge in [0.1, 0.15) is 0 Å². The molecule has 0 radical (unpaired) electrons. The predicted molar refractivity (Wildman–Crippen MR) is 90.1 cm³/mol. The molecule has 0 amide bonds. The fraction of sp³-hybridized carbons (Fsp3) is 0.929. The zero-order valence-corrected chi connectivity index (χ0v) is 14.7. The van der Waals surface area contributed by atoms with Gasteiger partial charge in [-0.1, -0.05) is 33.1 Å². The van der Waals surface area contributed by atoms with Gasteiger partial charge in [-0.3, -0.25) is 4.99 Å². The molecule has 1 atom stereocenters. The molecule has 0 aliphatic carbocycles. The number of hydrogen-bond acceptors (Lipinski definition) is 3. The van der Waals surface area contributed by atoms with Gasteiger partial charge in [0.2, 0.25) is 10.0 Å². The minimum Gasteiger partial charge on any atom is -0.356 e. The van der Waals surface area contributed by atoms with Crippen molar-refractivity contribution in [2.75, 3.05) is 32.9 Å². The molecule has 0 aromatic rings. The standard InChI is InChI=1S/C14H32N4O2S/c1-5-7-9-13(8-6-2)12-17-14(15-3)16-10-11-18-21(4,19)20/h13,18H,5-12H2,1-4H3,(H2,15,16,17). The zero-order chi connectivity index (χ0) is 16.1. The number of nitrogens with zero attached hydrogens (tertiary/aromatic N) is 1. The van der Waals surface area contributed by atoms with Crippen molar-refractivity contribution in [3.8, 4) is 0 Å². The first-order valence-electron chi connectivity index (χ1n) is 7.82. The first-order valence-corrected chi connectivity index (χ1v) is 9.71. The highest BCUT2D eigenvalue weighted by Gasteiger charge is 2.08. The van der Waals surface area contributed by atoms with E-state index in [2.05, 4.69) is 34.2 Å². The maximum Gasteiger partial charge on any atom is 0.208 e. The Balaban J connectivity index is 4.01. The lowest BCUT2D eigenvalue weighted by Gasteiger charge is -2.19. The Morgan fingerprint density at radius 2 is 1.81 bits per heavy atom. The summed E-state index contributed by atoms with van der Waals surface area (Å²) in [6, 6.07) is 0. The van der Waals surface area contributed by atoms with Gasteiger partial charge in [-0.05, 0) is 18.8 Å². The molecular formula is C14H32N4O2S. The third kappa shape index (κ3) is 12.6. The van der Waals surface area contributed by atoms with Crippen LogP contribution in [-0.4, -0.2) is 47.3 Å². The van der Waals surface area contributed by atoms with Crippen molar-refractivity contribution in [1.29, 1.82) is 0 Å². The second kappa shape index (κ2) is 11.8. The van der Waals surface area contributed by atoms with Crippen LogP contribution in [0.3, 0.4) is 0 Å². The summed E-state index contributed by atoms with van der Waals surface area (Å²) in [6.45, 7) is 6.20. The molecule has 0 spiro atoms. The van der Waals surface area contributed by atoms with E-state index in [-0.39, 0.29) is 0 Å². The van der Waals surface area contributed by atoms with E-state index in [1.807, 2.05) is 0 Å². The van der Waals surface area contributed by atoms with Crippen molar-refractivity contribution in [2.45, 2.75) is 46.0 Å². The van der Waals surface area contributed by atoms with Crippen molar-refractivity contribution >= 4 is 16.0 Å². The molecule has 0 saturated heterocycles. The molecule has 1 unspecified atom stereocenters. The van der Waals surface area contributed by atoms with Gasteiger partial charge in [-0.15, -0.1) is 0 Å². The third-order valence-corrected chi connectivity index (χ3v) is 3.95. The second-order valence-corrected chi connectivity index (χ2v) is 7.18. The summed E-state index contributed by atoms with van der Waals surface area (Å²) in [5.41, 5.74) is 0. The molecule has 7 heteroatoms. The van der Waals surface area contributed by atoms with Gasteiger partial charge in [-0.25, -0.2) is 13.1 Å². The molecule has 0 rings (SSSR count). The number of guanidine groups is 1. The molecule has 0 heterocycles. The minimum atomic E-state index is -3.12. The molecule has 6 nitrogen and oxygen atoms in total. The van der Waals surface area contributed by atoms with Gasteiger partial charge in [0.05, 0.1) is 6.26 Å². The lowest BCUT2D eigenvalue weighted by Crippen LogP contribution is -2.43. The molecule has 21 heavy (non-hydrogen) atoms. The number of sulfonamides is 1. The highest BCUT2D eigenvalue weighted by molar-refractivity contribution is 7.88. The summed E-state index contributed by atoms with van der Waals surface area (Å²) in [7, 11) is -1.40. The van der Waals surface area contributed by atoms with Gasteiger partial charge in [-0.2, -0.15) is 0 Å². The fourth-order valence-corrected chi connectivity index (χ4v) is 2.60. The van der Waals surface area contributed by atoms with Crippen LogP contribution in [0.2, 0.25) is 0 Å². The molecule has 126 valence electrons. The van der Waals surface area contributed by atoms with E-state index in [4.69, 9.17) is 0 Å². The number of aliphatic imine (C=N–C) groups is 1. The average Bonchev–Trinajstić information content (AvgIpc) is 2.42.